The van der Waals surface area contributed by atoms with Crippen molar-refractivity contribution >= 4 is 11.7 Å². The summed E-state index contributed by atoms with van der Waals surface area (Å²) in [5.41, 5.74) is 0.287. The Hall–Kier alpha value is -1.65. The molecule has 100 valence electrons. The van der Waals surface area contributed by atoms with E-state index in [1.165, 1.54) is 6.07 Å². The third-order valence-corrected chi connectivity index (χ3v) is 2.62. The van der Waals surface area contributed by atoms with E-state index in [-0.39, 0.29) is 11.5 Å². The second-order valence-corrected chi connectivity index (χ2v) is 4.16. The minimum absolute atomic E-state index is 0.202. The first-order valence-corrected chi connectivity index (χ1v) is 6.25. The van der Waals surface area contributed by atoms with Crippen molar-refractivity contribution in [3.63, 3.8) is 0 Å². The second-order valence-electron chi connectivity index (χ2n) is 4.16. The van der Waals surface area contributed by atoms with Gasteiger partial charge in [0.1, 0.15) is 11.6 Å². The van der Waals surface area contributed by atoms with Gasteiger partial charge in [0.2, 0.25) is 0 Å². The molecule has 5 heteroatoms. The molecule has 1 aromatic heterocycles. The van der Waals surface area contributed by atoms with E-state index in [4.69, 9.17) is 0 Å². The third-order valence-electron chi connectivity index (χ3n) is 2.62. The van der Waals surface area contributed by atoms with Gasteiger partial charge in [-0.15, -0.1) is 0 Å². The van der Waals surface area contributed by atoms with E-state index in [2.05, 4.69) is 17.2 Å². The molecular formula is C13H20FN3O. The highest BCUT2D eigenvalue weighted by Crippen LogP contribution is 2.15. The normalized spacial score (nSPS) is 10.2. The smallest absolute Gasteiger partial charge is 0.257 e. The van der Waals surface area contributed by atoms with Crippen molar-refractivity contribution < 1.29 is 9.18 Å². The summed E-state index contributed by atoms with van der Waals surface area (Å²) in [6, 6.07) is 1.23. The monoisotopic (exact) mass is 253 g/mol. The Bertz CT molecular complexity index is 409. The third kappa shape index (κ3) is 3.68. The number of nitrogens with zero attached hydrogens (tertiary/aromatic N) is 2. The van der Waals surface area contributed by atoms with Crippen LogP contribution in [0, 0.1) is 5.82 Å². The van der Waals surface area contributed by atoms with E-state index in [1.54, 1.807) is 11.9 Å². The molecule has 0 fully saturated rings. The molecule has 1 heterocycles. The van der Waals surface area contributed by atoms with E-state index >= 15 is 0 Å². The summed E-state index contributed by atoms with van der Waals surface area (Å²) in [5.74, 6) is -0.262. The lowest BCUT2D eigenvalue weighted by Gasteiger charge is -2.18. The summed E-state index contributed by atoms with van der Waals surface area (Å²) in [5, 5.41) is 2.97. The molecule has 0 spiro atoms. The molecule has 0 atom stereocenters. The van der Waals surface area contributed by atoms with Gasteiger partial charge in [0.05, 0.1) is 11.8 Å². The van der Waals surface area contributed by atoms with Crippen LogP contribution in [0.2, 0.25) is 0 Å². The molecule has 0 aromatic carbocycles. The van der Waals surface area contributed by atoms with Crippen LogP contribution in [-0.2, 0) is 0 Å². The average molecular weight is 253 g/mol. The number of amides is 1. The number of halogens is 1. The SMILES string of the molecule is CCCCN(C)C(=O)c1cc(F)cnc1NCC. The number of unbranched alkanes of at least 4 members (excludes halogenated alkanes) is 1. The molecule has 0 unspecified atom stereocenters. The van der Waals surface area contributed by atoms with Gasteiger partial charge in [-0.05, 0) is 19.4 Å². The van der Waals surface area contributed by atoms with E-state index in [0.29, 0.717) is 18.9 Å². The fourth-order valence-electron chi connectivity index (χ4n) is 1.61. The summed E-state index contributed by atoms with van der Waals surface area (Å²) < 4.78 is 13.2. The van der Waals surface area contributed by atoms with Gasteiger partial charge < -0.3 is 10.2 Å². The first-order valence-electron chi connectivity index (χ1n) is 6.25. The number of hydrogen-bond donors (Lipinski definition) is 1. The average Bonchev–Trinajstić information content (AvgIpc) is 2.37. The quantitative estimate of drug-likeness (QED) is 0.847. The summed E-state index contributed by atoms with van der Waals surface area (Å²) in [6.45, 7) is 5.27. The predicted molar refractivity (Wildman–Crippen MR) is 70.2 cm³/mol. The van der Waals surface area contributed by atoms with E-state index < -0.39 is 5.82 Å². The Morgan fingerprint density at radius 2 is 2.22 bits per heavy atom. The molecule has 1 amide bonds. The van der Waals surface area contributed by atoms with Crippen molar-refractivity contribution in [1.82, 2.24) is 9.88 Å². The minimum Gasteiger partial charge on any atom is -0.370 e. The van der Waals surface area contributed by atoms with Gasteiger partial charge in [-0.3, -0.25) is 4.79 Å². The highest BCUT2D eigenvalue weighted by Gasteiger charge is 2.17. The maximum atomic E-state index is 13.2. The molecule has 18 heavy (non-hydrogen) atoms. The Morgan fingerprint density at radius 1 is 1.50 bits per heavy atom. The van der Waals surface area contributed by atoms with Crippen molar-refractivity contribution in [2.45, 2.75) is 26.7 Å². The van der Waals surface area contributed by atoms with Crippen molar-refractivity contribution in [3.8, 4) is 0 Å². The second kappa shape index (κ2) is 6.93. The molecule has 0 bridgehead atoms. The number of rotatable bonds is 6. The zero-order valence-corrected chi connectivity index (χ0v) is 11.2. The Labute approximate surface area is 107 Å². The molecule has 0 saturated carbocycles. The van der Waals surface area contributed by atoms with Crippen LogP contribution in [0.1, 0.15) is 37.0 Å². The Balaban J connectivity index is 2.91. The summed E-state index contributed by atoms with van der Waals surface area (Å²) >= 11 is 0. The van der Waals surface area contributed by atoms with Crippen molar-refractivity contribution in [3.05, 3.63) is 23.6 Å². The van der Waals surface area contributed by atoms with Gasteiger partial charge in [0.25, 0.3) is 5.91 Å². The van der Waals surface area contributed by atoms with Crippen LogP contribution < -0.4 is 5.32 Å². The van der Waals surface area contributed by atoms with Crippen LogP contribution in [-0.4, -0.2) is 35.9 Å². The lowest BCUT2D eigenvalue weighted by molar-refractivity contribution is 0.0793. The molecule has 0 aliphatic rings. The van der Waals surface area contributed by atoms with Gasteiger partial charge in [-0.1, -0.05) is 13.3 Å². The van der Waals surface area contributed by atoms with Gasteiger partial charge >= 0.3 is 0 Å². The van der Waals surface area contributed by atoms with Crippen molar-refractivity contribution in [1.29, 1.82) is 0 Å². The van der Waals surface area contributed by atoms with Crippen LogP contribution in [0.25, 0.3) is 0 Å². The predicted octanol–water partition coefficient (Wildman–Crippen LogP) is 2.52. The fourth-order valence-corrected chi connectivity index (χ4v) is 1.61. The topological polar surface area (TPSA) is 45.2 Å². The Kier molecular flexibility index (Phi) is 5.55. The van der Waals surface area contributed by atoms with Gasteiger partial charge in [0.15, 0.2) is 0 Å². The zero-order valence-electron chi connectivity index (χ0n) is 11.2. The number of aromatic nitrogens is 1. The molecule has 0 saturated heterocycles. The summed E-state index contributed by atoms with van der Waals surface area (Å²) in [4.78, 5) is 17.7. The number of hydrogen-bond acceptors (Lipinski definition) is 3. The number of nitrogens with one attached hydrogen (secondary N) is 1. The van der Waals surface area contributed by atoms with Crippen LogP contribution in [0.3, 0.4) is 0 Å². The molecule has 0 aliphatic carbocycles. The van der Waals surface area contributed by atoms with Gasteiger partial charge in [0, 0.05) is 20.1 Å². The van der Waals surface area contributed by atoms with Crippen LogP contribution in [0.4, 0.5) is 10.2 Å². The molecule has 0 aliphatic heterocycles. The fraction of sp³-hybridized carbons (Fsp3) is 0.538. The van der Waals surface area contributed by atoms with E-state index in [1.807, 2.05) is 6.92 Å². The molecule has 0 radical (unpaired) electrons. The highest BCUT2D eigenvalue weighted by molar-refractivity contribution is 5.98. The minimum atomic E-state index is -0.496. The van der Waals surface area contributed by atoms with Crippen molar-refractivity contribution in [2.75, 3.05) is 25.5 Å². The number of carbonyl (C=O) groups is 1. The maximum absolute atomic E-state index is 13.2. The largest absolute Gasteiger partial charge is 0.370 e. The molecule has 1 N–H and O–H groups in total. The van der Waals surface area contributed by atoms with Gasteiger partial charge in [-0.25, -0.2) is 9.37 Å². The number of anilines is 1. The van der Waals surface area contributed by atoms with Crippen LogP contribution in [0.5, 0.6) is 0 Å². The molecule has 4 nitrogen and oxygen atoms in total. The van der Waals surface area contributed by atoms with Crippen molar-refractivity contribution in [2.24, 2.45) is 0 Å². The van der Waals surface area contributed by atoms with Crippen LogP contribution in [0.15, 0.2) is 12.3 Å². The first-order chi connectivity index (χ1) is 8.60. The standard InChI is InChI=1S/C13H20FN3O/c1-4-6-7-17(3)13(18)11-8-10(14)9-16-12(11)15-5-2/h8-9H,4-7H2,1-3H3,(H,15,16). The molecular weight excluding hydrogens is 233 g/mol. The summed E-state index contributed by atoms with van der Waals surface area (Å²) in [6.07, 6.45) is 3.06. The van der Waals surface area contributed by atoms with E-state index in [9.17, 15) is 9.18 Å². The Morgan fingerprint density at radius 3 is 2.83 bits per heavy atom. The van der Waals surface area contributed by atoms with Gasteiger partial charge in [-0.2, -0.15) is 0 Å². The molecule has 1 aromatic rings. The highest BCUT2D eigenvalue weighted by atomic mass is 19.1. The summed E-state index contributed by atoms with van der Waals surface area (Å²) in [7, 11) is 1.72. The number of pyridine rings is 1. The lowest BCUT2D eigenvalue weighted by Crippen LogP contribution is -2.28. The maximum Gasteiger partial charge on any atom is 0.257 e. The first kappa shape index (κ1) is 14.4. The lowest BCUT2D eigenvalue weighted by atomic mass is 10.2. The van der Waals surface area contributed by atoms with E-state index in [0.717, 1.165) is 19.0 Å². The molecule has 1 rings (SSSR count). The number of carbonyl (C=O) groups excluding carboxylic acids is 1. The van der Waals surface area contributed by atoms with Crippen LogP contribution >= 0.6 is 0 Å². The zero-order chi connectivity index (χ0) is 13.5.